The van der Waals surface area contributed by atoms with Crippen LogP contribution in [-0.4, -0.2) is 36.3 Å². The molecule has 5 aromatic rings. The lowest BCUT2D eigenvalue weighted by Gasteiger charge is -2.21. The molecule has 0 fully saturated rings. The number of nitrogens with one attached hydrogen (secondary N) is 2. The van der Waals surface area contributed by atoms with Crippen LogP contribution in [0.3, 0.4) is 0 Å². The van der Waals surface area contributed by atoms with Crippen molar-refractivity contribution in [1.82, 2.24) is 9.97 Å². The van der Waals surface area contributed by atoms with Gasteiger partial charge in [0.15, 0.2) is 18.1 Å². The molecule has 0 unspecified atom stereocenters. The van der Waals surface area contributed by atoms with Crippen LogP contribution in [0, 0.1) is 13.8 Å². The monoisotopic (exact) mass is 482 g/mol. The molecule has 0 saturated heterocycles. The van der Waals surface area contributed by atoms with E-state index in [9.17, 15) is 4.79 Å². The maximum atomic E-state index is 11.8. The molecule has 2 N–H and O–H groups in total. The fraction of sp³-hybridized carbons (Fsp3) is 0.233. The van der Waals surface area contributed by atoms with Gasteiger partial charge in [-0.15, -0.1) is 0 Å². The van der Waals surface area contributed by atoms with E-state index in [1.165, 1.54) is 21.9 Å². The number of para-hydroxylation sites is 2. The minimum absolute atomic E-state index is 0.0645. The van der Waals surface area contributed by atoms with Crippen molar-refractivity contribution in [3.05, 3.63) is 94.8 Å². The molecule has 0 radical (unpaired) electrons. The van der Waals surface area contributed by atoms with Crippen LogP contribution < -0.4 is 9.47 Å². The molecular formula is C30H30N2O4. The highest BCUT2D eigenvalue weighted by Crippen LogP contribution is 2.44. The van der Waals surface area contributed by atoms with E-state index in [-0.39, 0.29) is 12.5 Å². The third-order valence-corrected chi connectivity index (χ3v) is 6.64. The lowest BCUT2D eigenvalue weighted by atomic mass is 9.82. The maximum Gasteiger partial charge on any atom is 0.344 e. The topological polar surface area (TPSA) is 76.3 Å². The van der Waals surface area contributed by atoms with Crippen LogP contribution in [0.25, 0.3) is 21.8 Å². The van der Waals surface area contributed by atoms with E-state index in [4.69, 9.17) is 14.2 Å². The van der Waals surface area contributed by atoms with Crippen molar-refractivity contribution in [3.8, 4) is 11.5 Å². The number of carbonyl (C=O) groups is 1. The number of methoxy groups -OCH3 is 1. The van der Waals surface area contributed by atoms with Gasteiger partial charge in [-0.3, -0.25) is 0 Å². The van der Waals surface area contributed by atoms with Gasteiger partial charge in [-0.05, 0) is 61.7 Å². The van der Waals surface area contributed by atoms with Crippen LogP contribution in [0.1, 0.15) is 40.9 Å². The number of ether oxygens (including phenoxy) is 3. The first kappa shape index (κ1) is 23.5. The number of esters is 1. The molecule has 36 heavy (non-hydrogen) atoms. The van der Waals surface area contributed by atoms with Crippen LogP contribution in [0.15, 0.2) is 66.7 Å². The fourth-order valence-electron chi connectivity index (χ4n) is 5.14. The second-order valence-corrected chi connectivity index (χ2v) is 8.86. The van der Waals surface area contributed by atoms with Gasteiger partial charge in [0.25, 0.3) is 0 Å². The molecule has 0 aliphatic rings. The van der Waals surface area contributed by atoms with Crippen molar-refractivity contribution in [1.29, 1.82) is 0 Å². The number of aryl methyl sites for hydroxylation is 2. The quantitative estimate of drug-likeness (QED) is 0.251. The largest absolute Gasteiger partial charge is 0.493 e. The maximum absolute atomic E-state index is 11.8. The minimum atomic E-state index is -0.412. The first-order valence-electron chi connectivity index (χ1n) is 12.1. The Morgan fingerprint density at radius 1 is 0.833 bits per heavy atom. The Labute approximate surface area is 210 Å². The highest BCUT2D eigenvalue weighted by Gasteiger charge is 2.28. The summed E-state index contributed by atoms with van der Waals surface area (Å²) in [6.45, 7) is 6.16. The molecule has 0 aliphatic heterocycles. The van der Waals surface area contributed by atoms with Crippen LogP contribution >= 0.6 is 0 Å². The summed E-state index contributed by atoms with van der Waals surface area (Å²) in [5, 5.41) is 2.37. The number of hydrogen-bond acceptors (Lipinski definition) is 4. The number of hydrogen-bond donors (Lipinski definition) is 2. The van der Waals surface area contributed by atoms with E-state index in [1.54, 1.807) is 14.0 Å². The number of aromatic amines is 2. The molecule has 6 nitrogen and oxygen atoms in total. The SMILES string of the molecule is CCOC(=O)COc1ccc(C(c2c(C)[nH]c3ccccc23)c2c(C)[nH]c3ccccc23)cc1OC. The van der Waals surface area contributed by atoms with Gasteiger partial charge in [-0.2, -0.15) is 0 Å². The van der Waals surface area contributed by atoms with Crippen molar-refractivity contribution >= 4 is 27.8 Å². The van der Waals surface area contributed by atoms with Gasteiger partial charge in [0, 0.05) is 39.1 Å². The van der Waals surface area contributed by atoms with Crippen LogP contribution in [0.5, 0.6) is 11.5 Å². The van der Waals surface area contributed by atoms with Crippen LogP contribution in [0.4, 0.5) is 0 Å². The zero-order chi connectivity index (χ0) is 25.2. The van der Waals surface area contributed by atoms with E-state index in [0.29, 0.717) is 18.1 Å². The molecular weight excluding hydrogens is 452 g/mol. The van der Waals surface area contributed by atoms with Crippen molar-refractivity contribution in [2.24, 2.45) is 0 Å². The summed E-state index contributed by atoms with van der Waals surface area (Å²) < 4.78 is 16.4. The van der Waals surface area contributed by atoms with Gasteiger partial charge in [0.1, 0.15) is 0 Å². The van der Waals surface area contributed by atoms with Crippen molar-refractivity contribution < 1.29 is 19.0 Å². The van der Waals surface area contributed by atoms with Gasteiger partial charge >= 0.3 is 5.97 Å². The predicted molar refractivity (Wildman–Crippen MR) is 142 cm³/mol. The Morgan fingerprint density at radius 3 is 1.97 bits per heavy atom. The second kappa shape index (κ2) is 9.82. The van der Waals surface area contributed by atoms with E-state index < -0.39 is 5.97 Å². The number of carbonyl (C=O) groups excluding carboxylic acids is 1. The second-order valence-electron chi connectivity index (χ2n) is 8.86. The molecule has 2 heterocycles. The summed E-state index contributed by atoms with van der Waals surface area (Å²) >= 11 is 0. The Morgan fingerprint density at radius 2 is 1.42 bits per heavy atom. The Bertz CT molecular complexity index is 1470. The molecule has 0 saturated carbocycles. The standard InChI is InChI=1S/C30H30N2O4/c1-5-35-27(33)17-36-25-15-14-20(16-26(25)34-4)30(28-18(2)31-23-12-8-6-10-21(23)28)29-19(3)32-24-13-9-7-11-22(24)29/h6-16,30-32H,5,17H2,1-4H3. The first-order chi connectivity index (χ1) is 17.5. The Kier molecular flexibility index (Phi) is 6.42. The molecule has 0 atom stereocenters. The zero-order valence-electron chi connectivity index (χ0n) is 21.0. The number of benzene rings is 3. The lowest BCUT2D eigenvalue weighted by molar-refractivity contribution is -0.145. The molecule has 3 aromatic carbocycles. The van der Waals surface area contributed by atoms with E-state index in [1.807, 2.05) is 24.3 Å². The Balaban J connectivity index is 1.69. The molecule has 5 rings (SSSR count). The normalized spacial score (nSPS) is 11.4. The molecule has 0 bridgehead atoms. The van der Waals surface area contributed by atoms with Crippen molar-refractivity contribution in [2.45, 2.75) is 26.7 Å². The Hall–Kier alpha value is -4.19. The summed E-state index contributed by atoms with van der Waals surface area (Å²) in [4.78, 5) is 19.0. The van der Waals surface area contributed by atoms with E-state index in [0.717, 1.165) is 28.0 Å². The number of fused-ring (bicyclic) bond motifs is 2. The van der Waals surface area contributed by atoms with Crippen LogP contribution in [-0.2, 0) is 9.53 Å². The minimum Gasteiger partial charge on any atom is -0.493 e. The van der Waals surface area contributed by atoms with Gasteiger partial charge in [-0.1, -0.05) is 42.5 Å². The van der Waals surface area contributed by atoms with Gasteiger partial charge < -0.3 is 24.2 Å². The van der Waals surface area contributed by atoms with Crippen molar-refractivity contribution in [2.75, 3.05) is 20.3 Å². The zero-order valence-corrected chi connectivity index (χ0v) is 21.0. The fourth-order valence-corrected chi connectivity index (χ4v) is 5.14. The summed E-state index contributed by atoms with van der Waals surface area (Å²) in [6.07, 6.45) is 0. The van der Waals surface area contributed by atoms with Gasteiger partial charge in [0.2, 0.25) is 0 Å². The summed E-state index contributed by atoms with van der Waals surface area (Å²) in [5.41, 5.74) is 7.96. The third kappa shape index (κ3) is 4.19. The number of H-pyrrole nitrogens is 2. The summed E-state index contributed by atoms with van der Waals surface area (Å²) in [7, 11) is 1.61. The van der Waals surface area contributed by atoms with Gasteiger partial charge in [-0.25, -0.2) is 4.79 Å². The molecule has 2 aromatic heterocycles. The average molecular weight is 483 g/mol. The summed E-state index contributed by atoms with van der Waals surface area (Å²) in [6, 6.07) is 22.7. The smallest absolute Gasteiger partial charge is 0.344 e. The first-order valence-corrected chi connectivity index (χ1v) is 12.1. The molecule has 0 spiro atoms. The lowest BCUT2D eigenvalue weighted by Crippen LogP contribution is -2.15. The molecule has 184 valence electrons. The summed E-state index contributed by atoms with van der Waals surface area (Å²) in [5.74, 6) is 0.590. The van der Waals surface area contributed by atoms with Gasteiger partial charge in [0.05, 0.1) is 13.7 Å². The predicted octanol–water partition coefficient (Wildman–Crippen LogP) is 6.40. The van der Waals surface area contributed by atoms with E-state index >= 15 is 0 Å². The highest BCUT2D eigenvalue weighted by atomic mass is 16.6. The number of rotatable bonds is 8. The third-order valence-electron chi connectivity index (χ3n) is 6.64. The average Bonchev–Trinajstić information content (AvgIpc) is 3.39. The molecule has 0 aliphatic carbocycles. The highest BCUT2D eigenvalue weighted by molar-refractivity contribution is 5.91. The van der Waals surface area contributed by atoms with Crippen molar-refractivity contribution in [3.63, 3.8) is 0 Å². The molecule has 0 amide bonds. The van der Waals surface area contributed by atoms with Crippen LogP contribution in [0.2, 0.25) is 0 Å². The number of aromatic nitrogens is 2. The molecule has 6 heteroatoms. The van der Waals surface area contributed by atoms with E-state index in [2.05, 4.69) is 66.3 Å².